The molecule has 0 spiro atoms. The number of hydrogen-bond acceptors (Lipinski definition) is 6. The number of halogens is 3. The topological polar surface area (TPSA) is 103 Å². The molecule has 0 saturated carbocycles. The third-order valence-electron chi connectivity index (χ3n) is 3.93. The van der Waals surface area contributed by atoms with Gasteiger partial charge in [-0.05, 0) is 30.3 Å². The van der Waals surface area contributed by atoms with E-state index in [1.807, 2.05) is 4.72 Å². The third-order valence-corrected chi connectivity index (χ3v) is 5.33. The molecule has 0 aliphatic carbocycles. The highest BCUT2D eigenvalue weighted by atomic mass is 32.2. The number of rotatable bonds is 8. The van der Waals surface area contributed by atoms with Crippen LogP contribution >= 0.6 is 0 Å². The maximum absolute atomic E-state index is 12.7. The Morgan fingerprint density at radius 2 is 1.87 bits per heavy atom. The number of sulfonamides is 1. The molecule has 0 radical (unpaired) electrons. The lowest BCUT2D eigenvalue weighted by Crippen LogP contribution is -2.38. The summed E-state index contributed by atoms with van der Waals surface area (Å²) < 4.78 is 80.2. The van der Waals surface area contributed by atoms with Crippen molar-refractivity contribution in [2.24, 2.45) is 0 Å². The van der Waals surface area contributed by atoms with Gasteiger partial charge in [-0.25, -0.2) is 13.1 Å². The summed E-state index contributed by atoms with van der Waals surface area (Å²) in [6.45, 7) is -0.321. The smallest absolute Gasteiger partial charge is 0.416 e. The normalized spacial score (nSPS) is 13.2. The number of nitrogens with one attached hydrogen (secondary N) is 2. The Labute approximate surface area is 170 Å². The van der Waals surface area contributed by atoms with Crippen LogP contribution in [0.1, 0.15) is 5.56 Å². The van der Waals surface area contributed by atoms with Crippen molar-refractivity contribution in [3.05, 3.63) is 48.0 Å². The summed E-state index contributed by atoms with van der Waals surface area (Å²) in [5, 5.41) is 2.44. The number of hydrogen-bond donors (Lipinski definition) is 2. The fourth-order valence-corrected chi connectivity index (χ4v) is 3.50. The molecule has 162 valence electrons. The molecular weight excluding hydrogens is 429 g/mol. The van der Waals surface area contributed by atoms with E-state index in [0.717, 1.165) is 18.2 Å². The Morgan fingerprint density at radius 3 is 2.63 bits per heavy atom. The van der Waals surface area contributed by atoms with E-state index < -0.39 is 39.1 Å². The van der Waals surface area contributed by atoms with Crippen molar-refractivity contribution in [1.29, 1.82) is 0 Å². The molecule has 0 bridgehead atoms. The Bertz CT molecular complexity index is 1030. The fraction of sp³-hybridized carbons (Fsp3) is 0.278. The van der Waals surface area contributed by atoms with Gasteiger partial charge in [0.25, 0.3) is 0 Å². The average Bonchev–Trinajstić information content (AvgIpc) is 3.17. The quantitative estimate of drug-likeness (QED) is 0.601. The van der Waals surface area contributed by atoms with Crippen LogP contribution in [-0.4, -0.2) is 40.8 Å². The molecule has 1 amide bonds. The number of ether oxygens (including phenoxy) is 3. The van der Waals surface area contributed by atoms with Crippen molar-refractivity contribution in [2.45, 2.75) is 11.1 Å². The van der Waals surface area contributed by atoms with Crippen LogP contribution in [0.5, 0.6) is 17.2 Å². The van der Waals surface area contributed by atoms with E-state index >= 15 is 0 Å². The van der Waals surface area contributed by atoms with E-state index in [9.17, 15) is 26.4 Å². The molecule has 1 aliphatic heterocycles. The zero-order valence-electron chi connectivity index (χ0n) is 15.4. The van der Waals surface area contributed by atoms with Crippen LogP contribution in [-0.2, 0) is 21.0 Å². The molecule has 1 aliphatic rings. The summed E-state index contributed by atoms with van der Waals surface area (Å²) in [6, 6.07) is 8.22. The monoisotopic (exact) mass is 446 g/mol. The lowest BCUT2D eigenvalue weighted by atomic mass is 10.2. The summed E-state index contributed by atoms with van der Waals surface area (Å²) in [5.41, 5.74) is -1.10. The first-order chi connectivity index (χ1) is 14.1. The number of fused-ring (bicyclic) bond motifs is 1. The van der Waals surface area contributed by atoms with Gasteiger partial charge in [0, 0.05) is 6.07 Å². The van der Waals surface area contributed by atoms with Crippen LogP contribution in [0, 0.1) is 0 Å². The van der Waals surface area contributed by atoms with Crippen LogP contribution in [0.4, 0.5) is 13.2 Å². The van der Waals surface area contributed by atoms with Crippen LogP contribution in [0.2, 0.25) is 0 Å². The lowest BCUT2D eigenvalue weighted by molar-refractivity contribution is -0.137. The van der Waals surface area contributed by atoms with Crippen LogP contribution < -0.4 is 24.2 Å². The van der Waals surface area contributed by atoms with Crippen LogP contribution in [0.3, 0.4) is 0 Å². The largest absolute Gasteiger partial charge is 0.492 e. The van der Waals surface area contributed by atoms with E-state index in [1.54, 1.807) is 18.2 Å². The highest BCUT2D eigenvalue weighted by Crippen LogP contribution is 2.35. The van der Waals surface area contributed by atoms with E-state index in [-0.39, 0.29) is 19.9 Å². The van der Waals surface area contributed by atoms with E-state index in [0.29, 0.717) is 23.3 Å². The maximum Gasteiger partial charge on any atom is 0.416 e. The zero-order chi connectivity index (χ0) is 21.8. The van der Waals surface area contributed by atoms with Crippen molar-refractivity contribution in [1.82, 2.24) is 10.0 Å². The van der Waals surface area contributed by atoms with Crippen LogP contribution in [0.15, 0.2) is 47.4 Å². The van der Waals surface area contributed by atoms with Gasteiger partial charge < -0.3 is 19.5 Å². The standard InChI is InChI=1S/C18H17F3N2O6S/c19-18(20,21)12-2-1-3-14(8-12)30(25,26)23-10-17(24)22-6-7-27-13-4-5-15-16(9-13)29-11-28-15/h1-5,8-9,23H,6-7,10-11H2,(H,22,24). The molecule has 12 heteroatoms. The molecule has 0 saturated heterocycles. The van der Waals surface area contributed by atoms with Crippen LogP contribution in [0.25, 0.3) is 0 Å². The first-order valence-corrected chi connectivity index (χ1v) is 10.1. The number of carbonyl (C=O) groups excluding carboxylic acids is 1. The predicted molar refractivity (Wildman–Crippen MR) is 97.7 cm³/mol. The number of benzene rings is 2. The first kappa shape index (κ1) is 21.7. The molecule has 1 heterocycles. The summed E-state index contributed by atoms with van der Waals surface area (Å²) in [7, 11) is -4.29. The molecule has 0 atom stereocenters. The Hall–Kier alpha value is -2.99. The van der Waals surface area contributed by atoms with Crippen molar-refractivity contribution in [3.63, 3.8) is 0 Å². The summed E-state index contributed by atoms with van der Waals surface area (Å²) in [6.07, 6.45) is -4.68. The van der Waals surface area contributed by atoms with Gasteiger partial charge >= 0.3 is 6.18 Å². The molecule has 0 aromatic heterocycles. The molecular formula is C18H17F3N2O6S. The van der Waals surface area contributed by atoms with E-state index in [1.165, 1.54) is 0 Å². The number of alkyl halides is 3. The van der Waals surface area contributed by atoms with Gasteiger partial charge in [-0.15, -0.1) is 0 Å². The fourth-order valence-electron chi connectivity index (χ4n) is 2.47. The Morgan fingerprint density at radius 1 is 1.10 bits per heavy atom. The second kappa shape index (κ2) is 8.79. The number of amides is 1. The van der Waals surface area contributed by atoms with Gasteiger partial charge in [-0.1, -0.05) is 6.07 Å². The van der Waals surface area contributed by atoms with Crippen molar-refractivity contribution in [3.8, 4) is 17.2 Å². The number of carbonyl (C=O) groups is 1. The highest BCUT2D eigenvalue weighted by Gasteiger charge is 2.31. The van der Waals surface area contributed by atoms with Gasteiger partial charge in [0.15, 0.2) is 11.5 Å². The van der Waals surface area contributed by atoms with Crippen molar-refractivity contribution < 1.29 is 40.6 Å². The molecule has 30 heavy (non-hydrogen) atoms. The minimum Gasteiger partial charge on any atom is -0.492 e. The second-order valence-electron chi connectivity index (χ2n) is 6.06. The SMILES string of the molecule is O=C(CNS(=O)(=O)c1cccc(C(F)(F)F)c1)NCCOc1ccc2c(c1)OCO2. The average molecular weight is 446 g/mol. The zero-order valence-corrected chi connectivity index (χ0v) is 16.2. The molecule has 2 N–H and O–H groups in total. The molecule has 8 nitrogen and oxygen atoms in total. The molecule has 0 unspecified atom stereocenters. The van der Waals surface area contributed by atoms with Crippen molar-refractivity contribution in [2.75, 3.05) is 26.5 Å². The molecule has 0 fully saturated rings. The molecule has 3 rings (SSSR count). The van der Waals surface area contributed by atoms with Gasteiger partial charge in [0.1, 0.15) is 12.4 Å². The van der Waals surface area contributed by atoms with Gasteiger partial charge in [0.05, 0.1) is 23.5 Å². The van der Waals surface area contributed by atoms with Gasteiger partial charge in [0.2, 0.25) is 22.7 Å². The Balaban J connectivity index is 1.44. The van der Waals surface area contributed by atoms with Crippen molar-refractivity contribution >= 4 is 15.9 Å². The third kappa shape index (κ3) is 5.54. The Kier molecular flexibility index (Phi) is 6.37. The van der Waals surface area contributed by atoms with E-state index in [4.69, 9.17) is 14.2 Å². The first-order valence-electron chi connectivity index (χ1n) is 8.61. The minimum atomic E-state index is -4.68. The summed E-state index contributed by atoms with van der Waals surface area (Å²) in [4.78, 5) is 11.2. The lowest BCUT2D eigenvalue weighted by Gasteiger charge is -2.11. The van der Waals surface area contributed by atoms with E-state index in [2.05, 4.69) is 5.32 Å². The summed E-state index contributed by atoms with van der Waals surface area (Å²) >= 11 is 0. The minimum absolute atomic E-state index is 0.0819. The molecule has 2 aromatic carbocycles. The van der Waals surface area contributed by atoms with Gasteiger partial charge in [-0.2, -0.15) is 13.2 Å². The summed E-state index contributed by atoms with van der Waals surface area (Å²) in [5.74, 6) is 0.975. The van der Waals surface area contributed by atoms with Gasteiger partial charge in [-0.3, -0.25) is 4.79 Å². The second-order valence-corrected chi connectivity index (χ2v) is 7.83. The molecule has 2 aromatic rings. The predicted octanol–water partition coefficient (Wildman–Crippen LogP) is 1.91. The maximum atomic E-state index is 12.7. The highest BCUT2D eigenvalue weighted by molar-refractivity contribution is 7.89.